The molecule has 0 aliphatic rings. The van der Waals surface area contributed by atoms with Crippen LogP contribution in [0.3, 0.4) is 0 Å². The third kappa shape index (κ3) is 2.69. The molecule has 7 nitrogen and oxygen atoms in total. The highest BCUT2D eigenvalue weighted by molar-refractivity contribution is 7.16. The first-order chi connectivity index (χ1) is 11.4. The fourth-order valence-corrected chi connectivity index (χ4v) is 3.40. The minimum Gasteiger partial charge on any atom is -0.493 e. The van der Waals surface area contributed by atoms with Crippen LogP contribution in [-0.4, -0.2) is 34.5 Å². The maximum absolute atomic E-state index is 12.4. The number of hydrogen-bond acceptors (Lipinski definition) is 5. The van der Waals surface area contributed by atoms with Crippen molar-refractivity contribution in [2.24, 2.45) is 19.1 Å². The van der Waals surface area contributed by atoms with Crippen molar-refractivity contribution in [1.82, 2.24) is 14.3 Å². The maximum Gasteiger partial charge on any atom is 0.300 e. The molecule has 2 aromatic heterocycles. The van der Waals surface area contributed by atoms with Crippen molar-refractivity contribution in [3.05, 3.63) is 34.4 Å². The second kappa shape index (κ2) is 6.12. The van der Waals surface area contributed by atoms with Crippen LogP contribution >= 0.6 is 11.3 Å². The molecule has 0 radical (unpaired) electrons. The highest BCUT2D eigenvalue weighted by Gasteiger charge is 2.13. The number of fused-ring (bicyclic) bond motifs is 1. The predicted molar refractivity (Wildman–Crippen MR) is 91.7 cm³/mol. The summed E-state index contributed by atoms with van der Waals surface area (Å²) >= 11 is 1.41. The molecule has 0 bridgehead atoms. The first-order valence-corrected chi connectivity index (χ1v) is 8.07. The quantitative estimate of drug-likeness (QED) is 0.728. The van der Waals surface area contributed by atoms with Gasteiger partial charge in [-0.25, -0.2) is 0 Å². The van der Waals surface area contributed by atoms with Gasteiger partial charge in [-0.2, -0.15) is 10.1 Å². The van der Waals surface area contributed by atoms with Crippen molar-refractivity contribution < 1.29 is 14.3 Å². The van der Waals surface area contributed by atoms with Crippen molar-refractivity contribution in [3.63, 3.8) is 0 Å². The number of hydrogen-bond donors (Lipinski definition) is 0. The predicted octanol–water partition coefficient (Wildman–Crippen LogP) is 2.04. The Morgan fingerprint density at radius 3 is 2.42 bits per heavy atom. The molecule has 1 amide bonds. The van der Waals surface area contributed by atoms with Gasteiger partial charge in [-0.05, 0) is 13.0 Å². The van der Waals surface area contributed by atoms with Crippen LogP contribution in [0.25, 0.3) is 10.2 Å². The van der Waals surface area contributed by atoms with E-state index in [1.54, 1.807) is 32.0 Å². The van der Waals surface area contributed by atoms with Gasteiger partial charge in [-0.3, -0.25) is 9.48 Å². The van der Waals surface area contributed by atoms with Crippen LogP contribution < -0.4 is 14.3 Å². The number of carbonyl (C=O) groups excluding carboxylic acids is 1. The number of benzene rings is 1. The van der Waals surface area contributed by atoms with Gasteiger partial charge in [0.15, 0.2) is 22.0 Å². The van der Waals surface area contributed by atoms with E-state index in [-0.39, 0.29) is 5.91 Å². The van der Waals surface area contributed by atoms with Gasteiger partial charge >= 0.3 is 0 Å². The Labute approximate surface area is 142 Å². The van der Waals surface area contributed by atoms with E-state index in [0.29, 0.717) is 22.0 Å². The van der Waals surface area contributed by atoms with Crippen LogP contribution in [-0.2, 0) is 14.1 Å². The average molecular weight is 346 g/mol. The van der Waals surface area contributed by atoms with E-state index in [0.717, 1.165) is 15.9 Å². The Bertz CT molecular complexity index is 977. The van der Waals surface area contributed by atoms with E-state index in [1.165, 1.54) is 11.3 Å². The van der Waals surface area contributed by atoms with Crippen molar-refractivity contribution in [2.45, 2.75) is 6.92 Å². The molecule has 0 aliphatic carbocycles. The lowest BCUT2D eigenvalue weighted by Crippen LogP contribution is -2.13. The van der Waals surface area contributed by atoms with E-state index in [4.69, 9.17) is 9.47 Å². The largest absolute Gasteiger partial charge is 0.493 e. The van der Waals surface area contributed by atoms with Gasteiger partial charge in [0.2, 0.25) is 0 Å². The highest BCUT2D eigenvalue weighted by Crippen LogP contribution is 2.33. The number of nitrogens with zero attached hydrogens (tertiary/aromatic N) is 4. The maximum atomic E-state index is 12.4. The molecule has 3 rings (SSSR count). The van der Waals surface area contributed by atoms with Crippen molar-refractivity contribution >= 4 is 27.5 Å². The second-order valence-corrected chi connectivity index (χ2v) is 6.34. The Balaban J connectivity index is 2.12. The summed E-state index contributed by atoms with van der Waals surface area (Å²) in [5.41, 5.74) is 2.16. The van der Waals surface area contributed by atoms with Crippen LogP contribution in [0.4, 0.5) is 0 Å². The number of rotatable bonds is 3. The third-order valence-electron chi connectivity index (χ3n) is 3.84. The van der Waals surface area contributed by atoms with E-state index in [1.807, 2.05) is 30.7 Å². The zero-order valence-electron chi connectivity index (χ0n) is 14.2. The minimum absolute atomic E-state index is 0.336. The lowest BCUT2D eigenvalue weighted by molar-refractivity contribution is 0.0992. The number of aromatic nitrogens is 3. The molecule has 0 atom stereocenters. The van der Waals surface area contributed by atoms with E-state index in [9.17, 15) is 4.79 Å². The summed E-state index contributed by atoms with van der Waals surface area (Å²) in [5, 5.41) is 4.17. The summed E-state index contributed by atoms with van der Waals surface area (Å²) in [6.07, 6.45) is 0. The fourth-order valence-electron chi connectivity index (χ4n) is 2.37. The molecule has 126 valence electrons. The summed E-state index contributed by atoms with van der Waals surface area (Å²) in [6, 6.07) is 5.48. The molecule has 24 heavy (non-hydrogen) atoms. The van der Waals surface area contributed by atoms with Crippen LogP contribution in [0.5, 0.6) is 11.5 Å². The normalized spacial score (nSPS) is 12.0. The molecule has 0 saturated carbocycles. The summed E-state index contributed by atoms with van der Waals surface area (Å²) < 4.78 is 15.1. The van der Waals surface area contributed by atoms with Gasteiger partial charge in [-0.15, -0.1) is 0 Å². The Morgan fingerprint density at radius 2 is 1.83 bits per heavy atom. The molecule has 0 N–H and O–H groups in total. The SMILES string of the molecule is COc1cc2sc(=NC(=O)c3cc(C)n(C)n3)n(C)c2cc1OC. The number of aryl methyl sites for hydroxylation is 3. The van der Waals surface area contributed by atoms with Crippen LogP contribution in [0.15, 0.2) is 23.2 Å². The summed E-state index contributed by atoms with van der Waals surface area (Å²) in [5.74, 6) is 0.918. The molecule has 0 unspecified atom stereocenters. The zero-order chi connectivity index (χ0) is 17.4. The van der Waals surface area contributed by atoms with E-state index >= 15 is 0 Å². The van der Waals surface area contributed by atoms with Gasteiger partial charge < -0.3 is 14.0 Å². The number of ether oxygens (including phenoxy) is 2. The molecule has 8 heteroatoms. The zero-order valence-corrected chi connectivity index (χ0v) is 15.0. The molecule has 0 aliphatic heterocycles. The Hall–Kier alpha value is -2.61. The van der Waals surface area contributed by atoms with Gasteiger partial charge in [0, 0.05) is 31.9 Å². The topological polar surface area (TPSA) is 70.6 Å². The van der Waals surface area contributed by atoms with E-state index in [2.05, 4.69) is 10.1 Å². The van der Waals surface area contributed by atoms with Crippen LogP contribution in [0.1, 0.15) is 16.2 Å². The van der Waals surface area contributed by atoms with Crippen molar-refractivity contribution in [3.8, 4) is 11.5 Å². The van der Waals surface area contributed by atoms with Gasteiger partial charge in [0.1, 0.15) is 0 Å². The molecule has 3 aromatic rings. The number of amides is 1. The van der Waals surface area contributed by atoms with E-state index < -0.39 is 0 Å². The summed E-state index contributed by atoms with van der Waals surface area (Å²) in [4.78, 5) is 17.2. The van der Waals surface area contributed by atoms with Crippen LogP contribution in [0, 0.1) is 6.92 Å². The summed E-state index contributed by atoms with van der Waals surface area (Å²) in [6.45, 7) is 1.89. The summed E-state index contributed by atoms with van der Waals surface area (Å²) in [7, 11) is 6.84. The second-order valence-electron chi connectivity index (χ2n) is 5.33. The monoisotopic (exact) mass is 346 g/mol. The lowest BCUT2D eigenvalue weighted by atomic mass is 10.3. The van der Waals surface area contributed by atoms with Gasteiger partial charge in [0.25, 0.3) is 5.91 Å². The van der Waals surface area contributed by atoms with Crippen molar-refractivity contribution in [2.75, 3.05) is 14.2 Å². The average Bonchev–Trinajstić information content (AvgIpc) is 3.06. The smallest absolute Gasteiger partial charge is 0.300 e. The number of methoxy groups -OCH3 is 2. The molecule has 0 fully saturated rings. The lowest BCUT2D eigenvalue weighted by Gasteiger charge is -2.07. The minimum atomic E-state index is -0.361. The standard InChI is InChI=1S/C16H18N4O3S/c1-9-6-10(18-20(9)3)15(21)17-16-19(2)11-7-12(22-4)13(23-5)8-14(11)24-16/h6-8H,1-5H3. The van der Waals surface area contributed by atoms with Gasteiger partial charge in [-0.1, -0.05) is 11.3 Å². The molecule has 0 spiro atoms. The first kappa shape index (κ1) is 16.3. The molecular weight excluding hydrogens is 328 g/mol. The fraction of sp³-hybridized carbons (Fsp3) is 0.312. The third-order valence-corrected chi connectivity index (χ3v) is 4.94. The molecule has 0 saturated heterocycles. The Morgan fingerprint density at radius 1 is 1.17 bits per heavy atom. The van der Waals surface area contributed by atoms with Crippen LogP contribution in [0.2, 0.25) is 0 Å². The number of thiazole rings is 1. The van der Waals surface area contributed by atoms with Crippen molar-refractivity contribution in [1.29, 1.82) is 0 Å². The Kier molecular flexibility index (Phi) is 4.15. The number of carbonyl (C=O) groups is 1. The van der Waals surface area contributed by atoms with Gasteiger partial charge in [0.05, 0.1) is 24.4 Å². The molecular formula is C16H18N4O3S. The first-order valence-electron chi connectivity index (χ1n) is 7.26. The molecule has 1 aromatic carbocycles. The highest BCUT2D eigenvalue weighted by atomic mass is 32.1. The molecule has 2 heterocycles.